The SMILES string of the molecule is Cc1ccccc1[C@H](CC(=O)O)NC(=O)[C@@H]1Cc2ccccc2O1. The number of fused-ring (bicyclic) bond motifs is 1. The number of nitrogens with one attached hydrogen (secondary N) is 1. The third-order valence-electron chi connectivity index (χ3n) is 4.20. The Balaban J connectivity index is 1.75. The highest BCUT2D eigenvalue weighted by Crippen LogP contribution is 2.29. The number of carbonyl (C=O) groups excluding carboxylic acids is 1. The van der Waals surface area contributed by atoms with E-state index in [-0.39, 0.29) is 12.3 Å². The fourth-order valence-corrected chi connectivity index (χ4v) is 2.98. The van der Waals surface area contributed by atoms with Crippen LogP contribution in [0.5, 0.6) is 5.75 Å². The molecule has 24 heavy (non-hydrogen) atoms. The molecule has 2 aromatic carbocycles. The Hall–Kier alpha value is -2.82. The maximum atomic E-state index is 12.6. The zero-order chi connectivity index (χ0) is 17.1. The van der Waals surface area contributed by atoms with Crippen LogP contribution in [0.25, 0.3) is 0 Å². The van der Waals surface area contributed by atoms with E-state index in [1.54, 1.807) is 0 Å². The molecular weight excluding hydrogens is 306 g/mol. The summed E-state index contributed by atoms with van der Waals surface area (Å²) < 4.78 is 5.68. The van der Waals surface area contributed by atoms with Crippen LogP contribution >= 0.6 is 0 Å². The van der Waals surface area contributed by atoms with Gasteiger partial charge in [-0.2, -0.15) is 0 Å². The van der Waals surface area contributed by atoms with Gasteiger partial charge >= 0.3 is 5.97 Å². The van der Waals surface area contributed by atoms with Gasteiger partial charge in [0.15, 0.2) is 6.10 Å². The van der Waals surface area contributed by atoms with E-state index < -0.39 is 18.1 Å². The van der Waals surface area contributed by atoms with E-state index in [2.05, 4.69) is 5.32 Å². The third kappa shape index (κ3) is 3.40. The van der Waals surface area contributed by atoms with Crippen LogP contribution in [0, 0.1) is 6.92 Å². The number of carbonyl (C=O) groups is 2. The van der Waals surface area contributed by atoms with Crippen LogP contribution in [0.4, 0.5) is 0 Å². The third-order valence-corrected chi connectivity index (χ3v) is 4.20. The molecular formula is C19H19NO4. The summed E-state index contributed by atoms with van der Waals surface area (Å²) in [5.74, 6) is -0.539. The van der Waals surface area contributed by atoms with E-state index >= 15 is 0 Å². The van der Waals surface area contributed by atoms with Crippen molar-refractivity contribution in [3.05, 3.63) is 65.2 Å². The second-order valence-electron chi connectivity index (χ2n) is 5.93. The highest BCUT2D eigenvalue weighted by molar-refractivity contribution is 5.83. The molecule has 0 radical (unpaired) electrons. The Morgan fingerprint density at radius 2 is 1.92 bits per heavy atom. The molecule has 2 N–H and O–H groups in total. The van der Waals surface area contributed by atoms with Crippen molar-refractivity contribution in [2.75, 3.05) is 0 Å². The monoisotopic (exact) mass is 325 g/mol. The molecule has 124 valence electrons. The normalized spacial score (nSPS) is 16.8. The first-order valence-electron chi connectivity index (χ1n) is 7.87. The van der Waals surface area contributed by atoms with Crippen LogP contribution in [0.3, 0.4) is 0 Å². The number of carboxylic acid groups (broad SMARTS) is 1. The number of carboxylic acids is 1. The average molecular weight is 325 g/mol. The summed E-state index contributed by atoms with van der Waals surface area (Å²) in [6.45, 7) is 1.90. The molecule has 2 atom stereocenters. The minimum absolute atomic E-state index is 0.170. The lowest BCUT2D eigenvalue weighted by atomic mass is 9.98. The fourth-order valence-electron chi connectivity index (χ4n) is 2.98. The second kappa shape index (κ2) is 6.74. The number of hydrogen-bond donors (Lipinski definition) is 2. The van der Waals surface area contributed by atoms with Gasteiger partial charge in [-0.1, -0.05) is 42.5 Å². The van der Waals surface area contributed by atoms with E-state index in [0.717, 1.165) is 16.7 Å². The van der Waals surface area contributed by atoms with E-state index in [0.29, 0.717) is 12.2 Å². The molecule has 0 saturated carbocycles. The Bertz CT molecular complexity index is 746. The molecule has 1 aliphatic heterocycles. The highest BCUT2D eigenvalue weighted by atomic mass is 16.5. The van der Waals surface area contributed by atoms with Crippen LogP contribution in [0.1, 0.15) is 29.2 Å². The molecule has 1 aliphatic rings. The van der Waals surface area contributed by atoms with Gasteiger partial charge < -0.3 is 15.2 Å². The molecule has 0 fully saturated rings. The number of ether oxygens (including phenoxy) is 1. The van der Waals surface area contributed by atoms with Crippen molar-refractivity contribution in [2.24, 2.45) is 0 Å². The fraction of sp³-hybridized carbons (Fsp3) is 0.263. The Morgan fingerprint density at radius 3 is 2.62 bits per heavy atom. The molecule has 5 nitrogen and oxygen atoms in total. The summed E-state index contributed by atoms with van der Waals surface area (Å²) in [7, 11) is 0. The highest BCUT2D eigenvalue weighted by Gasteiger charge is 2.31. The molecule has 2 aromatic rings. The van der Waals surface area contributed by atoms with Crippen LogP contribution in [0.15, 0.2) is 48.5 Å². The molecule has 0 aliphatic carbocycles. The number of aliphatic carboxylic acids is 1. The van der Waals surface area contributed by atoms with Crippen LogP contribution in [-0.4, -0.2) is 23.1 Å². The minimum atomic E-state index is -0.959. The summed E-state index contributed by atoms with van der Waals surface area (Å²) in [4.78, 5) is 23.8. The Morgan fingerprint density at radius 1 is 1.21 bits per heavy atom. The lowest BCUT2D eigenvalue weighted by Gasteiger charge is -2.21. The molecule has 0 saturated heterocycles. The standard InChI is InChI=1S/C19H19NO4/c1-12-6-2-4-8-14(12)15(11-18(21)22)20-19(23)17-10-13-7-3-5-9-16(13)24-17/h2-9,15,17H,10-11H2,1H3,(H,20,23)(H,21,22)/t15-,17-/m0/s1. The number of para-hydroxylation sites is 1. The predicted molar refractivity (Wildman–Crippen MR) is 88.9 cm³/mol. The lowest BCUT2D eigenvalue weighted by molar-refractivity contribution is -0.138. The van der Waals surface area contributed by atoms with Crippen molar-refractivity contribution in [3.8, 4) is 5.75 Å². The van der Waals surface area contributed by atoms with E-state index in [1.807, 2.05) is 55.5 Å². The molecule has 5 heteroatoms. The first kappa shape index (κ1) is 16.1. The van der Waals surface area contributed by atoms with Crippen LogP contribution in [-0.2, 0) is 16.0 Å². The quantitative estimate of drug-likeness (QED) is 0.886. The van der Waals surface area contributed by atoms with E-state index in [1.165, 1.54) is 0 Å². The van der Waals surface area contributed by atoms with Crippen molar-refractivity contribution < 1.29 is 19.4 Å². The molecule has 0 spiro atoms. The maximum Gasteiger partial charge on any atom is 0.305 e. The minimum Gasteiger partial charge on any atom is -0.481 e. The zero-order valence-electron chi connectivity index (χ0n) is 13.4. The number of benzene rings is 2. The second-order valence-corrected chi connectivity index (χ2v) is 5.93. The van der Waals surface area contributed by atoms with Crippen LogP contribution < -0.4 is 10.1 Å². The number of aryl methyl sites for hydroxylation is 1. The van der Waals surface area contributed by atoms with Crippen LogP contribution in [0.2, 0.25) is 0 Å². The molecule has 0 unspecified atom stereocenters. The molecule has 0 aromatic heterocycles. The summed E-state index contributed by atoms with van der Waals surface area (Å²) in [6.07, 6.45) is -0.297. The van der Waals surface area contributed by atoms with Crippen molar-refractivity contribution in [3.63, 3.8) is 0 Å². The first-order chi connectivity index (χ1) is 11.5. The largest absolute Gasteiger partial charge is 0.481 e. The molecule has 1 heterocycles. The summed E-state index contributed by atoms with van der Waals surface area (Å²) in [5, 5.41) is 12.0. The van der Waals surface area contributed by atoms with Gasteiger partial charge in [-0.25, -0.2) is 0 Å². The zero-order valence-corrected chi connectivity index (χ0v) is 13.4. The van der Waals surface area contributed by atoms with Crippen molar-refractivity contribution in [1.29, 1.82) is 0 Å². The summed E-state index contributed by atoms with van der Waals surface area (Å²) in [5.41, 5.74) is 2.74. The van der Waals surface area contributed by atoms with Gasteiger partial charge in [-0.3, -0.25) is 9.59 Å². The number of amides is 1. The Labute approximate surface area is 140 Å². The van der Waals surface area contributed by atoms with E-state index in [9.17, 15) is 14.7 Å². The topological polar surface area (TPSA) is 75.6 Å². The van der Waals surface area contributed by atoms with E-state index in [4.69, 9.17) is 4.74 Å². The van der Waals surface area contributed by atoms with Gasteiger partial charge in [-0.05, 0) is 29.7 Å². The van der Waals surface area contributed by atoms with Gasteiger partial charge in [0.05, 0.1) is 12.5 Å². The summed E-state index contributed by atoms with van der Waals surface area (Å²) >= 11 is 0. The predicted octanol–water partition coefficient (Wildman–Crippen LogP) is 2.63. The van der Waals surface area contributed by atoms with Crippen molar-refractivity contribution in [1.82, 2.24) is 5.32 Å². The smallest absolute Gasteiger partial charge is 0.305 e. The van der Waals surface area contributed by atoms with Gasteiger partial charge in [0, 0.05) is 6.42 Å². The van der Waals surface area contributed by atoms with Gasteiger partial charge in [-0.15, -0.1) is 0 Å². The molecule has 3 rings (SSSR count). The number of rotatable bonds is 5. The average Bonchev–Trinajstić information content (AvgIpc) is 2.98. The molecule has 1 amide bonds. The first-order valence-corrected chi connectivity index (χ1v) is 7.87. The van der Waals surface area contributed by atoms with Crippen molar-refractivity contribution in [2.45, 2.75) is 31.9 Å². The van der Waals surface area contributed by atoms with Crippen molar-refractivity contribution >= 4 is 11.9 Å². The lowest BCUT2D eigenvalue weighted by Crippen LogP contribution is -2.40. The Kier molecular flexibility index (Phi) is 4.51. The summed E-state index contributed by atoms with van der Waals surface area (Å²) in [6, 6.07) is 14.4. The van der Waals surface area contributed by atoms with Gasteiger partial charge in [0.2, 0.25) is 0 Å². The number of hydrogen-bond acceptors (Lipinski definition) is 3. The van der Waals surface area contributed by atoms with Gasteiger partial charge in [0.1, 0.15) is 5.75 Å². The van der Waals surface area contributed by atoms with Gasteiger partial charge in [0.25, 0.3) is 5.91 Å². The maximum absolute atomic E-state index is 12.6. The molecule has 0 bridgehead atoms.